The fourth-order valence-corrected chi connectivity index (χ4v) is 1.93. The number of carbonyl (C=O) groups is 2. The monoisotopic (exact) mass is 226 g/mol. The van der Waals surface area contributed by atoms with E-state index in [0.717, 1.165) is 32.1 Å². The molecule has 0 bridgehead atoms. The van der Waals surface area contributed by atoms with Crippen molar-refractivity contribution in [2.24, 2.45) is 5.73 Å². The van der Waals surface area contributed by atoms with E-state index in [1.807, 2.05) is 6.92 Å². The number of amides is 2. The van der Waals surface area contributed by atoms with Crippen LogP contribution in [0.3, 0.4) is 0 Å². The molecule has 92 valence electrons. The minimum absolute atomic E-state index is 0.00688. The van der Waals surface area contributed by atoms with Gasteiger partial charge in [-0.3, -0.25) is 14.5 Å². The van der Waals surface area contributed by atoms with E-state index in [1.54, 1.807) is 0 Å². The molecule has 0 spiro atoms. The Bertz CT molecular complexity index is 235. The number of likely N-dealkylation sites (tertiary alicyclic amines) is 1. The van der Waals surface area contributed by atoms with Gasteiger partial charge in [-0.05, 0) is 32.1 Å². The molecule has 1 rings (SSSR count). The molecule has 16 heavy (non-hydrogen) atoms. The van der Waals surface area contributed by atoms with Crippen molar-refractivity contribution in [3.05, 3.63) is 0 Å². The average molecular weight is 226 g/mol. The van der Waals surface area contributed by atoms with Gasteiger partial charge in [0.25, 0.3) is 0 Å². The SMILES string of the molecule is CCC(N)CCCN1C(=O)CCCCC1=O. The summed E-state index contributed by atoms with van der Waals surface area (Å²) in [4.78, 5) is 24.7. The quantitative estimate of drug-likeness (QED) is 0.721. The van der Waals surface area contributed by atoms with E-state index in [0.29, 0.717) is 19.4 Å². The fourth-order valence-electron chi connectivity index (χ4n) is 1.93. The summed E-state index contributed by atoms with van der Waals surface area (Å²) in [5.74, 6) is -0.0138. The van der Waals surface area contributed by atoms with Crippen molar-refractivity contribution >= 4 is 11.8 Å². The van der Waals surface area contributed by atoms with Crippen molar-refractivity contribution < 1.29 is 9.59 Å². The number of hydrogen-bond acceptors (Lipinski definition) is 3. The fraction of sp³-hybridized carbons (Fsp3) is 0.833. The van der Waals surface area contributed by atoms with E-state index in [2.05, 4.69) is 0 Å². The molecule has 0 aromatic carbocycles. The Morgan fingerprint density at radius 2 is 1.81 bits per heavy atom. The predicted molar refractivity (Wildman–Crippen MR) is 62.7 cm³/mol. The highest BCUT2D eigenvalue weighted by molar-refractivity contribution is 5.95. The summed E-state index contributed by atoms with van der Waals surface area (Å²) in [6.45, 7) is 2.60. The molecule has 0 aromatic rings. The molecular formula is C12H22N2O2. The lowest BCUT2D eigenvalue weighted by Gasteiger charge is -2.19. The number of carbonyl (C=O) groups excluding carboxylic acids is 2. The van der Waals surface area contributed by atoms with Crippen LogP contribution < -0.4 is 5.73 Å². The van der Waals surface area contributed by atoms with E-state index in [4.69, 9.17) is 5.73 Å². The Kier molecular flexibility index (Phi) is 5.46. The lowest BCUT2D eigenvalue weighted by Crippen LogP contribution is -2.36. The highest BCUT2D eigenvalue weighted by Crippen LogP contribution is 2.13. The van der Waals surface area contributed by atoms with Gasteiger partial charge in [-0.25, -0.2) is 0 Å². The molecule has 2 amide bonds. The number of hydrogen-bond donors (Lipinski definition) is 1. The van der Waals surface area contributed by atoms with Gasteiger partial charge in [-0.1, -0.05) is 6.92 Å². The normalized spacial score (nSPS) is 19.8. The number of imide groups is 1. The van der Waals surface area contributed by atoms with Crippen molar-refractivity contribution in [1.29, 1.82) is 0 Å². The van der Waals surface area contributed by atoms with Crippen molar-refractivity contribution in [2.75, 3.05) is 6.54 Å². The maximum atomic E-state index is 11.6. The van der Waals surface area contributed by atoms with Gasteiger partial charge in [0, 0.05) is 25.4 Å². The first-order chi connectivity index (χ1) is 7.65. The topological polar surface area (TPSA) is 63.4 Å². The van der Waals surface area contributed by atoms with E-state index >= 15 is 0 Å². The van der Waals surface area contributed by atoms with E-state index in [9.17, 15) is 9.59 Å². The largest absolute Gasteiger partial charge is 0.328 e. The van der Waals surface area contributed by atoms with Crippen molar-refractivity contribution in [3.63, 3.8) is 0 Å². The number of nitrogens with zero attached hydrogens (tertiary/aromatic N) is 1. The lowest BCUT2D eigenvalue weighted by molar-refractivity contribution is -0.143. The van der Waals surface area contributed by atoms with Crippen LogP contribution in [0, 0.1) is 0 Å². The van der Waals surface area contributed by atoms with Gasteiger partial charge in [0.1, 0.15) is 0 Å². The molecule has 1 fully saturated rings. The Labute approximate surface area is 97.2 Å². The standard InChI is InChI=1S/C12H22N2O2/c1-2-10(13)6-5-9-14-11(15)7-3-4-8-12(14)16/h10H,2-9,13H2,1H3. The summed E-state index contributed by atoms with van der Waals surface area (Å²) < 4.78 is 0. The summed E-state index contributed by atoms with van der Waals surface area (Å²) in [6.07, 6.45) is 5.38. The Morgan fingerprint density at radius 3 is 2.31 bits per heavy atom. The van der Waals surface area contributed by atoms with Gasteiger partial charge in [0.15, 0.2) is 0 Å². The molecule has 1 saturated heterocycles. The maximum absolute atomic E-state index is 11.6. The third-order valence-corrected chi connectivity index (χ3v) is 3.11. The van der Waals surface area contributed by atoms with Crippen LogP contribution in [0.1, 0.15) is 51.9 Å². The van der Waals surface area contributed by atoms with Crippen molar-refractivity contribution in [2.45, 2.75) is 57.9 Å². The second-order valence-electron chi connectivity index (χ2n) is 4.46. The molecule has 1 heterocycles. The molecule has 0 saturated carbocycles. The van der Waals surface area contributed by atoms with Crippen LogP contribution in [0.2, 0.25) is 0 Å². The molecule has 4 heteroatoms. The molecule has 4 nitrogen and oxygen atoms in total. The van der Waals surface area contributed by atoms with Gasteiger partial charge in [0.2, 0.25) is 11.8 Å². The lowest BCUT2D eigenvalue weighted by atomic mass is 10.1. The van der Waals surface area contributed by atoms with Crippen LogP contribution in [0.15, 0.2) is 0 Å². The second kappa shape index (κ2) is 6.63. The van der Waals surface area contributed by atoms with Crippen LogP contribution >= 0.6 is 0 Å². The predicted octanol–water partition coefficient (Wildman–Crippen LogP) is 1.43. The van der Waals surface area contributed by atoms with Gasteiger partial charge < -0.3 is 5.73 Å². The molecule has 0 aromatic heterocycles. The van der Waals surface area contributed by atoms with Crippen LogP contribution in [-0.2, 0) is 9.59 Å². The van der Waals surface area contributed by atoms with E-state index < -0.39 is 0 Å². The van der Waals surface area contributed by atoms with E-state index in [1.165, 1.54) is 4.90 Å². The van der Waals surface area contributed by atoms with Gasteiger partial charge in [-0.2, -0.15) is 0 Å². The number of nitrogens with two attached hydrogens (primary N) is 1. The average Bonchev–Trinajstić information content (AvgIpc) is 2.43. The third-order valence-electron chi connectivity index (χ3n) is 3.11. The van der Waals surface area contributed by atoms with Crippen LogP contribution in [0.5, 0.6) is 0 Å². The molecule has 2 N–H and O–H groups in total. The zero-order chi connectivity index (χ0) is 12.0. The summed E-state index contributed by atoms with van der Waals surface area (Å²) >= 11 is 0. The number of rotatable bonds is 5. The molecule has 0 radical (unpaired) electrons. The highest BCUT2D eigenvalue weighted by Gasteiger charge is 2.23. The zero-order valence-corrected chi connectivity index (χ0v) is 10.1. The molecule has 1 aliphatic rings. The van der Waals surface area contributed by atoms with Gasteiger partial charge >= 0.3 is 0 Å². The van der Waals surface area contributed by atoms with Crippen molar-refractivity contribution in [3.8, 4) is 0 Å². The first-order valence-electron chi connectivity index (χ1n) is 6.24. The van der Waals surface area contributed by atoms with Crippen molar-refractivity contribution in [1.82, 2.24) is 4.90 Å². The zero-order valence-electron chi connectivity index (χ0n) is 10.1. The van der Waals surface area contributed by atoms with Gasteiger partial charge in [-0.15, -0.1) is 0 Å². The Morgan fingerprint density at radius 1 is 1.25 bits per heavy atom. The van der Waals surface area contributed by atoms with E-state index in [-0.39, 0.29) is 17.9 Å². The highest BCUT2D eigenvalue weighted by atomic mass is 16.2. The first kappa shape index (κ1) is 13.2. The second-order valence-corrected chi connectivity index (χ2v) is 4.46. The minimum Gasteiger partial charge on any atom is -0.328 e. The molecule has 1 unspecified atom stereocenters. The summed E-state index contributed by atoms with van der Waals surface area (Å²) in [5, 5.41) is 0. The summed E-state index contributed by atoms with van der Waals surface area (Å²) in [7, 11) is 0. The molecular weight excluding hydrogens is 204 g/mol. The molecule has 1 aliphatic heterocycles. The minimum atomic E-state index is -0.00688. The maximum Gasteiger partial charge on any atom is 0.229 e. The third kappa shape index (κ3) is 3.93. The summed E-state index contributed by atoms with van der Waals surface area (Å²) in [6, 6.07) is 0.192. The Balaban J connectivity index is 2.37. The van der Waals surface area contributed by atoms with Crippen LogP contribution in [0.4, 0.5) is 0 Å². The van der Waals surface area contributed by atoms with Crippen LogP contribution in [0.25, 0.3) is 0 Å². The Hall–Kier alpha value is -0.900. The van der Waals surface area contributed by atoms with Gasteiger partial charge in [0.05, 0.1) is 0 Å². The molecule has 0 aliphatic carbocycles. The van der Waals surface area contributed by atoms with Crippen LogP contribution in [-0.4, -0.2) is 29.3 Å². The first-order valence-corrected chi connectivity index (χ1v) is 6.24. The smallest absolute Gasteiger partial charge is 0.229 e. The summed E-state index contributed by atoms with van der Waals surface area (Å²) in [5.41, 5.74) is 5.80. The molecule has 1 atom stereocenters.